The van der Waals surface area contributed by atoms with Crippen molar-refractivity contribution in [3.63, 3.8) is 0 Å². The van der Waals surface area contributed by atoms with Gasteiger partial charge in [-0.1, -0.05) is 6.92 Å². The van der Waals surface area contributed by atoms with Crippen molar-refractivity contribution in [1.29, 1.82) is 0 Å². The van der Waals surface area contributed by atoms with Crippen LogP contribution in [0.4, 0.5) is 0 Å². The molecule has 0 fully saturated rings. The van der Waals surface area contributed by atoms with E-state index in [9.17, 15) is 0 Å². The average Bonchev–Trinajstić information content (AvgIpc) is 2.94. The highest BCUT2D eigenvalue weighted by Crippen LogP contribution is 2.14. The zero-order valence-corrected chi connectivity index (χ0v) is 9.42. The standard InChI is InChI=1S/C10H15N5O/c1-3-11-7-8(2)15-13-10(12-14-15)9-5-4-6-16-9/h4-6,8,11H,3,7H2,1-2H3. The Morgan fingerprint density at radius 3 is 3.12 bits per heavy atom. The van der Waals surface area contributed by atoms with Crippen LogP contribution in [0.5, 0.6) is 0 Å². The first-order chi connectivity index (χ1) is 7.81. The van der Waals surface area contributed by atoms with E-state index in [4.69, 9.17) is 4.42 Å². The predicted molar refractivity (Wildman–Crippen MR) is 58.8 cm³/mol. The molecular weight excluding hydrogens is 206 g/mol. The third-order valence-corrected chi connectivity index (χ3v) is 2.25. The van der Waals surface area contributed by atoms with Crippen LogP contribution >= 0.6 is 0 Å². The summed E-state index contributed by atoms with van der Waals surface area (Å²) < 4.78 is 5.20. The topological polar surface area (TPSA) is 68.8 Å². The lowest BCUT2D eigenvalue weighted by Crippen LogP contribution is -2.24. The van der Waals surface area contributed by atoms with Crippen molar-refractivity contribution in [2.75, 3.05) is 13.1 Å². The summed E-state index contributed by atoms with van der Waals surface area (Å²) in [5.74, 6) is 1.16. The fraction of sp³-hybridized carbons (Fsp3) is 0.500. The van der Waals surface area contributed by atoms with Gasteiger partial charge in [0.25, 0.3) is 0 Å². The van der Waals surface area contributed by atoms with Crippen LogP contribution in [0.3, 0.4) is 0 Å². The minimum absolute atomic E-state index is 0.177. The Morgan fingerprint density at radius 1 is 1.56 bits per heavy atom. The van der Waals surface area contributed by atoms with E-state index in [-0.39, 0.29) is 6.04 Å². The predicted octanol–water partition coefficient (Wildman–Crippen LogP) is 1.10. The molecule has 1 unspecified atom stereocenters. The second-order valence-corrected chi connectivity index (χ2v) is 3.57. The second kappa shape index (κ2) is 4.89. The maximum Gasteiger partial charge on any atom is 0.240 e. The third kappa shape index (κ3) is 2.27. The largest absolute Gasteiger partial charge is 0.461 e. The quantitative estimate of drug-likeness (QED) is 0.818. The molecule has 2 rings (SSSR count). The van der Waals surface area contributed by atoms with E-state index in [1.54, 1.807) is 17.1 Å². The van der Waals surface area contributed by atoms with E-state index in [2.05, 4.69) is 27.7 Å². The fourth-order valence-corrected chi connectivity index (χ4v) is 1.35. The van der Waals surface area contributed by atoms with Crippen LogP contribution in [0, 0.1) is 0 Å². The highest BCUT2D eigenvalue weighted by Gasteiger charge is 2.11. The van der Waals surface area contributed by atoms with Gasteiger partial charge in [0.15, 0.2) is 5.76 Å². The minimum atomic E-state index is 0.177. The molecule has 0 spiro atoms. The molecule has 0 saturated heterocycles. The molecule has 0 aromatic carbocycles. The lowest BCUT2D eigenvalue weighted by Gasteiger charge is -2.08. The number of hydrogen-bond donors (Lipinski definition) is 1. The van der Waals surface area contributed by atoms with Crippen molar-refractivity contribution < 1.29 is 4.42 Å². The molecule has 0 bridgehead atoms. The van der Waals surface area contributed by atoms with E-state index in [1.807, 2.05) is 13.0 Å². The van der Waals surface area contributed by atoms with Gasteiger partial charge >= 0.3 is 0 Å². The summed E-state index contributed by atoms with van der Waals surface area (Å²) in [4.78, 5) is 1.60. The Labute approximate surface area is 93.6 Å². The molecule has 86 valence electrons. The summed E-state index contributed by atoms with van der Waals surface area (Å²) in [6, 6.07) is 3.80. The monoisotopic (exact) mass is 221 g/mol. The van der Waals surface area contributed by atoms with Gasteiger partial charge in [0.1, 0.15) is 0 Å². The Balaban J connectivity index is 2.07. The molecule has 2 heterocycles. The maximum absolute atomic E-state index is 5.20. The van der Waals surface area contributed by atoms with Gasteiger partial charge < -0.3 is 9.73 Å². The molecule has 0 radical (unpaired) electrons. The van der Waals surface area contributed by atoms with E-state index in [1.165, 1.54) is 0 Å². The molecular formula is C10H15N5O. The molecule has 1 N–H and O–H groups in total. The van der Waals surface area contributed by atoms with Crippen molar-refractivity contribution in [2.24, 2.45) is 0 Å². The zero-order valence-electron chi connectivity index (χ0n) is 9.42. The van der Waals surface area contributed by atoms with Crippen LogP contribution in [0.15, 0.2) is 22.8 Å². The summed E-state index contributed by atoms with van der Waals surface area (Å²) in [6.07, 6.45) is 1.60. The first kappa shape index (κ1) is 10.8. The van der Waals surface area contributed by atoms with Gasteiger partial charge in [-0.3, -0.25) is 0 Å². The van der Waals surface area contributed by atoms with Gasteiger partial charge in [-0.2, -0.15) is 4.80 Å². The molecule has 0 saturated carbocycles. The smallest absolute Gasteiger partial charge is 0.240 e. The number of tetrazole rings is 1. The molecule has 0 aliphatic rings. The van der Waals surface area contributed by atoms with Gasteiger partial charge in [0, 0.05) is 6.54 Å². The lowest BCUT2D eigenvalue weighted by atomic mass is 10.3. The second-order valence-electron chi connectivity index (χ2n) is 3.57. The summed E-state index contributed by atoms with van der Waals surface area (Å²) in [6.45, 7) is 5.86. The van der Waals surface area contributed by atoms with E-state index < -0.39 is 0 Å². The lowest BCUT2D eigenvalue weighted by molar-refractivity contribution is 0.404. The van der Waals surface area contributed by atoms with Crippen molar-refractivity contribution in [1.82, 2.24) is 25.5 Å². The van der Waals surface area contributed by atoms with Crippen molar-refractivity contribution in [2.45, 2.75) is 19.9 Å². The number of aromatic nitrogens is 4. The first-order valence-corrected chi connectivity index (χ1v) is 5.35. The molecule has 0 aliphatic heterocycles. The highest BCUT2D eigenvalue weighted by atomic mass is 16.3. The number of furan rings is 1. The summed E-state index contributed by atoms with van der Waals surface area (Å²) >= 11 is 0. The number of hydrogen-bond acceptors (Lipinski definition) is 5. The number of likely N-dealkylation sites (N-methyl/N-ethyl adjacent to an activating group) is 1. The van der Waals surface area contributed by atoms with Crippen LogP contribution in [-0.2, 0) is 0 Å². The number of nitrogens with zero attached hydrogens (tertiary/aromatic N) is 4. The van der Waals surface area contributed by atoms with Crippen LogP contribution in [0.25, 0.3) is 11.6 Å². The van der Waals surface area contributed by atoms with Gasteiger partial charge in [-0.15, -0.1) is 10.2 Å². The van der Waals surface area contributed by atoms with Gasteiger partial charge in [-0.05, 0) is 30.8 Å². The molecule has 6 heteroatoms. The van der Waals surface area contributed by atoms with Gasteiger partial charge in [0.05, 0.1) is 12.3 Å². The van der Waals surface area contributed by atoms with E-state index in [0.29, 0.717) is 11.6 Å². The Kier molecular flexibility index (Phi) is 3.31. The van der Waals surface area contributed by atoms with Crippen molar-refractivity contribution in [3.8, 4) is 11.6 Å². The Bertz CT molecular complexity index is 422. The minimum Gasteiger partial charge on any atom is -0.461 e. The Hall–Kier alpha value is -1.69. The van der Waals surface area contributed by atoms with E-state index >= 15 is 0 Å². The van der Waals surface area contributed by atoms with E-state index in [0.717, 1.165) is 13.1 Å². The third-order valence-electron chi connectivity index (χ3n) is 2.25. The molecule has 0 aliphatic carbocycles. The van der Waals surface area contributed by atoms with Crippen LogP contribution in [-0.4, -0.2) is 33.3 Å². The molecule has 1 atom stereocenters. The summed E-state index contributed by atoms with van der Waals surface area (Å²) in [7, 11) is 0. The number of nitrogens with one attached hydrogen (secondary N) is 1. The van der Waals surface area contributed by atoms with Gasteiger partial charge in [0.2, 0.25) is 5.82 Å². The SMILES string of the molecule is CCNCC(C)n1nnc(-c2ccco2)n1. The molecule has 16 heavy (non-hydrogen) atoms. The first-order valence-electron chi connectivity index (χ1n) is 5.35. The summed E-state index contributed by atoms with van der Waals surface area (Å²) in [5.41, 5.74) is 0. The van der Waals surface area contributed by atoms with Crippen LogP contribution in [0.1, 0.15) is 19.9 Å². The maximum atomic E-state index is 5.20. The highest BCUT2D eigenvalue weighted by molar-refractivity contribution is 5.43. The normalized spacial score (nSPS) is 12.9. The number of rotatable bonds is 5. The van der Waals surface area contributed by atoms with Crippen molar-refractivity contribution in [3.05, 3.63) is 18.4 Å². The zero-order chi connectivity index (χ0) is 11.4. The van der Waals surface area contributed by atoms with Crippen LogP contribution < -0.4 is 5.32 Å². The molecule has 2 aromatic rings. The average molecular weight is 221 g/mol. The fourth-order valence-electron chi connectivity index (χ4n) is 1.35. The van der Waals surface area contributed by atoms with Crippen LogP contribution in [0.2, 0.25) is 0 Å². The Morgan fingerprint density at radius 2 is 2.44 bits per heavy atom. The molecule has 6 nitrogen and oxygen atoms in total. The molecule has 2 aromatic heterocycles. The summed E-state index contributed by atoms with van der Waals surface area (Å²) in [5, 5.41) is 15.5. The molecule has 0 amide bonds. The van der Waals surface area contributed by atoms with Crippen molar-refractivity contribution >= 4 is 0 Å². The van der Waals surface area contributed by atoms with Gasteiger partial charge in [-0.25, -0.2) is 0 Å².